The van der Waals surface area contributed by atoms with E-state index in [0.717, 1.165) is 18.5 Å². The van der Waals surface area contributed by atoms with Gasteiger partial charge in [-0.1, -0.05) is 38.1 Å². The van der Waals surface area contributed by atoms with Crippen molar-refractivity contribution in [2.75, 3.05) is 31.8 Å². The summed E-state index contributed by atoms with van der Waals surface area (Å²) in [5.41, 5.74) is 2.27. The molecule has 0 aliphatic rings. The smallest absolute Gasteiger partial charge is 0.154 e. The van der Waals surface area contributed by atoms with Crippen LogP contribution in [0.15, 0.2) is 24.3 Å². The zero-order valence-corrected chi connectivity index (χ0v) is 13.4. The van der Waals surface area contributed by atoms with Crippen LogP contribution >= 0.6 is 0 Å². The molecule has 1 N–H and O–H groups in total. The summed E-state index contributed by atoms with van der Waals surface area (Å²) in [7, 11) is -1.60. The highest BCUT2D eigenvalue weighted by atomic mass is 32.2. The van der Waals surface area contributed by atoms with E-state index in [-0.39, 0.29) is 24.2 Å². The summed E-state index contributed by atoms with van der Waals surface area (Å²) in [6, 6.07) is 7.98. The number of sulfone groups is 1. The third kappa shape index (κ3) is 5.61. The largest absolute Gasteiger partial charge is 0.384 e. The molecule has 20 heavy (non-hydrogen) atoms. The van der Waals surface area contributed by atoms with E-state index < -0.39 is 9.84 Å². The number of benzene rings is 1. The van der Waals surface area contributed by atoms with Crippen LogP contribution in [-0.2, 0) is 21.0 Å². The van der Waals surface area contributed by atoms with Gasteiger partial charge in [0, 0.05) is 13.2 Å². The highest BCUT2D eigenvalue weighted by molar-refractivity contribution is 7.91. The Morgan fingerprint density at radius 2 is 1.85 bits per heavy atom. The van der Waals surface area contributed by atoms with Gasteiger partial charge >= 0.3 is 0 Å². The van der Waals surface area contributed by atoms with Gasteiger partial charge in [-0.25, -0.2) is 8.42 Å². The topological polar surface area (TPSA) is 55.4 Å². The average Bonchev–Trinajstić information content (AvgIpc) is 2.45. The van der Waals surface area contributed by atoms with Gasteiger partial charge in [0.05, 0.1) is 18.1 Å². The summed E-state index contributed by atoms with van der Waals surface area (Å²) in [6.07, 6.45) is 0.984. The molecule has 0 saturated carbocycles. The van der Waals surface area contributed by atoms with E-state index in [1.807, 2.05) is 19.1 Å². The van der Waals surface area contributed by atoms with Gasteiger partial charge in [-0.15, -0.1) is 0 Å². The Balaban J connectivity index is 2.82. The Hall–Kier alpha value is -0.910. The first-order chi connectivity index (χ1) is 9.52. The molecule has 0 spiro atoms. The van der Waals surface area contributed by atoms with Crippen molar-refractivity contribution in [2.45, 2.75) is 26.3 Å². The van der Waals surface area contributed by atoms with Gasteiger partial charge in [0.15, 0.2) is 9.84 Å². The van der Waals surface area contributed by atoms with E-state index in [1.54, 1.807) is 0 Å². The first kappa shape index (κ1) is 17.1. The molecule has 0 fully saturated rings. The fraction of sp³-hybridized carbons (Fsp3) is 0.600. The number of methoxy groups -OCH3 is 1. The third-order valence-corrected chi connectivity index (χ3v) is 4.89. The van der Waals surface area contributed by atoms with Gasteiger partial charge in [0.2, 0.25) is 0 Å². The number of rotatable bonds is 9. The van der Waals surface area contributed by atoms with Crippen LogP contribution in [0.25, 0.3) is 0 Å². The third-order valence-electron chi connectivity index (χ3n) is 3.26. The lowest BCUT2D eigenvalue weighted by atomic mass is 10.1. The summed E-state index contributed by atoms with van der Waals surface area (Å²) in [5, 5.41) is 3.25. The van der Waals surface area contributed by atoms with Crippen molar-refractivity contribution in [3.63, 3.8) is 0 Å². The van der Waals surface area contributed by atoms with Crippen LogP contribution in [0.2, 0.25) is 0 Å². The van der Waals surface area contributed by atoms with E-state index >= 15 is 0 Å². The Morgan fingerprint density at radius 3 is 2.35 bits per heavy atom. The SMILES string of the molecule is CCNC(CS(=O)(=O)CCOC)c1ccc(CC)cc1. The highest BCUT2D eigenvalue weighted by Crippen LogP contribution is 2.17. The van der Waals surface area contributed by atoms with E-state index in [4.69, 9.17) is 4.74 Å². The molecule has 1 aromatic rings. The Labute approximate surface area is 122 Å². The molecular weight excluding hydrogens is 274 g/mol. The Morgan fingerprint density at radius 1 is 1.20 bits per heavy atom. The van der Waals surface area contributed by atoms with Crippen molar-refractivity contribution < 1.29 is 13.2 Å². The summed E-state index contributed by atoms with van der Waals surface area (Å²) in [5.74, 6) is 0.175. The standard InChI is InChI=1S/C15H25NO3S/c1-4-13-6-8-14(9-7-13)15(16-5-2)12-20(17,18)11-10-19-3/h6-9,15-16H,4-5,10-12H2,1-3H3. The van der Waals surface area contributed by atoms with Crippen molar-refractivity contribution >= 4 is 9.84 Å². The van der Waals surface area contributed by atoms with Crippen LogP contribution in [0.5, 0.6) is 0 Å². The molecule has 1 aromatic carbocycles. The van der Waals surface area contributed by atoms with Crippen LogP contribution in [0.3, 0.4) is 0 Å². The summed E-state index contributed by atoms with van der Waals surface area (Å²) in [4.78, 5) is 0. The number of nitrogens with one attached hydrogen (secondary N) is 1. The molecule has 114 valence electrons. The minimum absolute atomic E-state index is 0.0679. The zero-order valence-electron chi connectivity index (χ0n) is 12.6. The number of hydrogen-bond acceptors (Lipinski definition) is 4. The number of aryl methyl sites for hydroxylation is 1. The number of ether oxygens (including phenoxy) is 1. The Kier molecular flexibility index (Phi) is 7.19. The first-order valence-corrected chi connectivity index (χ1v) is 8.86. The molecule has 0 saturated heterocycles. The van der Waals surface area contributed by atoms with Crippen molar-refractivity contribution in [2.24, 2.45) is 0 Å². The lowest BCUT2D eigenvalue weighted by Crippen LogP contribution is -2.30. The molecule has 0 radical (unpaired) electrons. The fourth-order valence-electron chi connectivity index (χ4n) is 2.05. The molecular formula is C15H25NO3S. The van der Waals surface area contributed by atoms with Crippen LogP contribution in [0.1, 0.15) is 31.0 Å². The minimum atomic E-state index is -3.12. The molecule has 0 amide bonds. The fourth-order valence-corrected chi connectivity index (χ4v) is 3.46. The monoisotopic (exact) mass is 299 g/mol. The molecule has 1 unspecified atom stereocenters. The van der Waals surface area contributed by atoms with Gasteiger partial charge in [-0.2, -0.15) is 0 Å². The first-order valence-electron chi connectivity index (χ1n) is 7.04. The van der Waals surface area contributed by atoms with E-state index in [1.165, 1.54) is 12.7 Å². The molecule has 1 atom stereocenters. The van der Waals surface area contributed by atoms with E-state index in [2.05, 4.69) is 24.4 Å². The van der Waals surface area contributed by atoms with Crippen LogP contribution in [-0.4, -0.2) is 40.2 Å². The molecule has 0 aliphatic carbocycles. The summed E-state index contributed by atoms with van der Waals surface area (Å²) >= 11 is 0. The van der Waals surface area contributed by atoms with Gasteiger partial charge < -0.3 is 10.1 Å². The second-order valence-corrected chi connectivity index (χ2v) is 7.04. The molecule has 0 bridgehead atoms. The van der Waals surface area contributed by atoms with E-state index in [9.17, 15) is 8.42 Å². The van der Waals surface area contributed by atoms with Crippen molar-refractivity contribution in [3.05, 3.63) is 35.4 Å². The lowest BCUT2D eigenvalue weighted by molar-refractivity contribution is 0.217. The van der Waals surface area contributed by atoms with Gasteiger partial charge in [0.25, 0.3) is 0 Å². The van der Waals surface area contributed by atoms with Gasteiger partial charge in [-0.3, -0.25) is 0 Å². The second-order valence-electron chi connectivity index (χ2n) is 4.81. The molecule has 1 rings (SSSR count). The van der Waals surface area contributed by atoms with Gasteiger partial charge in [-0.05, 0) is 24.1 Å². The summed E-state index contributed by atoms with van der Waals surface area (Å²) in [6.45, 7) is 5.07. The predicted molar refractivity (Wildman–Crippen MR) is 82.8 cm³/mol. The van der Waals surface area contributed by atoms with Crippen molar-refractivity contribution in [1.29, 1.82) is 0 Å². The molecule has 0 aromatic heterocycles. The van der Waals surface area contributed by atoms with Crippen LogP contribution < -0.4 is 5.32 Å². The zero-order chi connectivity index (χ0) is 15.0. The number of hydrogen-bond donors (Lipinski definition) is 1. The molecule has 4 nitrogen and oxygen atoms in total. The Bertz CT molecular complexity index is 482. The van der Waals surface area contributed by atoms with Gasteiger partial charge in [0.1, 0.15) is 0 Å². The highest BCUT2D eigenvalue weighted by Gasteiger charge is 2.19. The van der Waals surface area contributed by atoms with Crippen molar-refractivity contribution in [3.8, 4) is 0 Å². The average molecular weight is 299 g/mol. The minimum Gasteiger partial charge on any atom is -0.384 e. The van der Waals surface area contributed by atoms with Crippen LogP contribution in [0.4, 0.5) is 0 Å². The summed E-state index contributed by atoms with van der Waals surface area (Å²) < 4.78 is 29.0. The quantitative estimate of drug-likeness (QED) is 0.757. The van der Waals surface area contributed by atoms with E-state index in [0.29, 0.717) is 0 Å². The van der Waals surface area contributed by atoms with Crippen LogP contribution in [0, 0.1) is 0 Å². The normalized spacial score (nSPS) is 13.3. The molecule has 0 heterocycles. The maximum absolute atomic E-state index is 12.1. The lowest BCUT2D eigenvalue weighted by Gasteiger charge is -2.18. The maximum Gasteiger partial charge on any atom is 0.154 e. The second kappa shape index (κ2) is 8.39. The maximum atomic E-state index is 12.1. The molecule has 0 aliphatic heterocycles. The predicted octanol–water partition coefficient (Wildman–Crippen LogP) is 1.96. The molecule has 5 heteroatoms. The van der Waals surface area contributed by atoms with Crippen molar-refractivity contribution in [1.82, 2.24) is 5.32 Å².